The Labute approximate surface area is 141 Å². The first-order valence-corrected chi connectivity index (χ1v) is 8.32. The SMILES string of the molecule is CC(C)(C)OC(=O)NC1CCCC(Nc2ccc(Cl)c(F)c2)C1. The van der Waals surface area contributed by atoms with Gasteiger partial charge in [0.15, 0.2) is 0 Å². The zero-order valence-electron chi connectivity index (χ0n) is 13.8. The molecular weight excluding hydrogens is 319 g/mol. The lowest BCUT2D eigenvalue weighted by Gasteiger charge is -2.31. The van der Waals surface area contributed by atoms with Crippen LogP contribution in [0, 0.1) is 5.82 Å². The molecule has 1 saturated carbocycles. The molecule has 1 aromatic carbocycles. The molecule has 1 aliphatic rings. The maximum absolute atomic E-state index is 13.5. The van der Waals surface area contributed by atoms with Crippen molar-refractivity contribution in [1.82, 2.24) is 5.32 Å². The fourth-order valence-electron chi connectivity index (χ4n) is 2.75. The highest BCUT2D eigenvalue weighted by atomic mass is 35.5. The number of alkyl carbamates (subject to hydrolysis) is 1. The van der Waals surface area contributed by atoms with E-state index >= 15 is 0 Å². The fraction of sp³-hybridized carbons (Fsp3) is 0.588. The smallest absolute Gasteiger partial charge is 0.407 e. The van der Waals surface area contributed by atoms with Crippen molar-refractivity contribution in [3.8, 4) is 0 Å². The quantitative estimate of drug-likeness (QED) is 0.835. The average molecular weight is 343 g/mol. The standard InChI is InChI=1S/C17H24ClFN2O2/c1-17(2,3)23-16(22)21-12-6-4-5-11(9-12)20-13-7-8-14(18)15(19)10-13/h7-8,10-12,20H,4-6,9H2,1-3H3,(H,21,22). The molecule has 2 N–H and O–H groups in total. The van der Waals surface area contributed by atoms with Crippen LogP contribution >= 0.6 is 11.6 Å². The Hall–Kier alpha value is -1.49. The topological polar surface area (TPSA) is 50.4 Å². The minimum absolute atomic E-state index is 0.0632. The first-order valence-electron chi connectivity index (χ1n) is 7.94. The van der Waals surface area contributed by atoms with Crippen LogP contribution in [0.4, 0.5) is 14.9 Å². The van der Waals surface area contributed by atoms with Gasteiger partial charge < -0.3 is 15.4 Å². The Bertz CT molecular complexity index is 560. The highest BCUT2D eigenvalue weighted by molar-refractivity contribution is 6.30. The predicted octanol–water partition coefficient (Wildman–Crippen LogP) is 4.73. The third-order valence-corrected chi connectivity index (χ3v) is 3.99. The van der Waals surface area contributed by atoms with Gasteiger partial charge in [-0.05, 0) is 64.7 Å². The molecule has 128 valence electrons. The molecule has 1 aliphatic carbocycles. The largest absolute Gasteiger partial charge is 0.444 e. The van der Waals surface area contributed by atoms with E-state index in [2.05, 4.69) is 10.6 Å². The van der Waals surface area contributed by atoms with Crippen molar-refractivity contribution < 1.29 is 13.9 Å². The number of rotatable bonds is 3. The molecule has 4 nitrogen and oxygen atoms in total. The summed E-state index contributed by atoms with van der Waals surface area (Å²) in [5, 5.41) is 6.34. The second-order valence-electron chi connectivity index (χ2n) is 6.98. The van der Waals surface area contributed by atoms with Gasteiger partial charge in [0.1, 0.15) is 11.4 Å². The van der Waals surface area contributed by atoms with E-state index in [1.165, 1.54) is 6.07 Å². The van der Waals surface area contributed by atoms with Gasteiger partial charge in [0.2, 0.25) is 0 Å². The van der Waals surface area contributed by atoms with Crippen LogP contribution in [-0.4, -0.2) is 23.8 Å². The van der Waals surface area contributed by atoms with E-state index in [0.29, 0.717) is 5.69 Å². The fourth-order valence-corrected chi connectivity index (χ4v) is 2.87. The predicted molar refractivity (Wildman–Crippen MR) is 90.4 cm³/mol. The number of benzene rings is 1. The lowest BCUT2D eigenvalue weighted by atomic mass is 9.91. The van der Waals surface area contributed by atoms with Crippen molar-refractivity contribution in [3.63, 3.8) is 0 Å². The van der Waals surface area contributed by atoms with Gasteiger partial charge in [-0.1, -0.05) is 11.6 Å². The molecule has 2 atom stereocenters. The van der Waals surface area contributed by atoms with Crippen LogP contribution in [-0.2, 0) is 4.74 Å². The van der Waals surface area contributed by atoms with E-state index in [0.717, 1.165) is 25.7 Å². The maximum Gasteiger partial charge on any atom is 0.407 e. The van der Waals surface area contributed by atoms with E-state index in [-0.39, 0.29) is 23.2 Å². The molecule has 0 aliphatic heterocycles. The number of carbonyl (C=O) groups excluding carboxylic acids is 1. The summed E-state index contributed by atoms with van der Waals surface area (Å²) in [7, 11) is 0. The van der Waals surface area contributed by atoms with Gasteiger partial charge in [-0.2, -0.15) is 0 Å². The maximum atomic E-state index is 13.5. The summed E-state index contributed by atoms with van der Waals surface area (Å²) >= 11 is 5.69. The number of amides is 1. The van der Waals surface area contributed by atoms with E-state index in [1.54, 1.807) is 12.1 Å². The third kappa shape index (κ3) is 5.90. The van der Waals surface area contributed by atoms with Crippen molar-refractivity contribution in [2.45, 2.75) is 64.1 Å². The normalized spacial score (nSPS) is 21.6. The molecule has 0 heterocycles. The molecule has 0 aromatic heterocycles. The van der Waals surface area contributed by atoms with Crippen LogP contribution < -0.4 is 10.6 Å². The Morgan fingerprint density at radius 2 is 2.00 bits per heavy atom. The summed E-state index contributed by atoms with van der Waals surface area (Å²) in [6.45, 7) is 5.52. The minimum Gasteiger partial charge on any atom is -0.444 e. The number of hydrogen-bond acceptors (Lipinski definition) is 3. The molecular formula is C17H24ClFN2O2. The molecule has 0 spiro atoms. The minimum atomic E-state index is -0.503. The van der Waals surface area contributed by atoms with Gasteiger partial charge in [-0.25, -0.2) is 9.18 Å². The summed E-state index contributed by atoms with van der Waals surface area (Å²) < 4.78 is 18.8. The van der Waals surface area contributed by atoms with E-state index in [1.807, 2.05) is 20.8 Å². The van der Waals surface area contributed by atoms with E-state index in [9.17, 15) is 9.18 Å². The molecule has 23 heavy (non-hydrogen) atoms. The lowest BCUT2D eigenvalue weighted by molar-refractivity contribution is 0.0492. The molecule has 6 heteroatoms. The zero-order chi connectivity index (χ0) is 17.0. The first-order chi connectivity index (χ1) is 10.7. The van der Waals surface area contributed by atoms with Crippen LogP contribution in [0.15, 0.2) is 18.2 Å². The number of carbonyl (C=O) groups is 1. The second-order valence-corrected chi connectivity index (χ2v) is 7.39. The number of hydrogen-bond donors (Lipinski definition) is 2. The summed E-state index contributed by atoms with van der Waals surface area (Å²) in [4.78, 5) is 11.9. The monoisotopic (exact) mass is 342 g/mol. The molecule has 0 saturated heterocycles. The summed E-state index contributed by atoms with van der Waals surface area (Å²) in [6.07, 6.45) is 3.29. The summed E-state index contributed by atoms with van der Waals surface area (Å²) in [5.74, 6) is -0.434. The molecule has 2 rings (SSSR count). The van der Waals surface area contributed by atoms with Crippen molar-refractivity contribution in [3.05, 3.63) is 29.0 Å². The van der Waals surface area contributed by atoms with Gasteiger partial charge >= 0.3 is 6.09 Å². The highest BCUT2D eigenvalue weighted by Crippen LogP contribution is 2.25. The molecule has 1 aromatic rings. The Kier molecular flexibility index (Phi) is 5.74. The zero-order valence-corrected chi connectivity index (χ0v) is 14.5. The molecule has 1 fully saturated rings. The second kappa shape index (κ2) is 7.39. The van der Waals surface area contributed by atoms with Gasteiger partial charge in [0.25, 0.3) is 0 Å². The molecule has 1 amide bonds. The van der Waals surface area contributed by atoms with E-state index < -0.39 is 11.4 Å². The molecule has 0 radical (unpaired) electrons. The Balaban J connectivity index is 1.88. The van der Waals surface area contributed by atoms with Crippen molar-refractivity contribution in [1.29, 1.82) is 0 Å². The van der Waals surface area contributed by atoms with Crippen molar-refractivity contribution in [2.24, 2.45) is 0 Å². The average Bonchev–Trinajstić information content (AvgIpc) is 2.41. The number of ether oxygens (including phenoxy) is 1. The van der Waals surface area contributed by atoms with Gasteiger partial charge in [0, 0.05) is 17.8 Å². The van der Waals surface area contributed by atoms with Crippen molar-refractivity contribution >= 4 is 23.4 Å². The molecule has 2 unspecified atom stereocenters. The van der Waals surface area contributed by atoms with E-state index in [4.69, 9.17) is 16.3 Å². The molecule has 0 bridgehead atoms. The Morgan fingerprint density at radius 3 is 2.65 bits per heavy atom. The first kappa shape index (κ1) is 17.9. The van der Waals surface area contributed by atoms with Crippen LogP contribution in [0.2, 0.25) is 5.02 Å². The number of halogens is 2. The Morgan fingerprint density at radius 1 is 1.30 bits per heavy atom. The van der Waals surface area contributed by atoms with Crippen LogP contribution in [0.25, 0.3) is 0 Å². The summed E-state index contributed by atoms with van der Waals surface area (Å²) in [6, 6.07) is 4.94. The lowest BCUT2D eigenvalue weighted by Crippen LogP contribution is -2.43. The van der Waals surface area contributed by atoms with Crippen LogP contribution in [0.5, 0.6) is 0 Å². The summed E-state index contributed by atoms with van der Waals surface area (Å²) in [5.41, 5.74) is 0.201. The highest BCUT2D eigenvalue weighted by Gasteiger charge is 2.25. The number of nitrogens with one attached hydrogen (secondary N) is 2. The van der Waals surface area contributed by atoms with Crippen molar-refractivity contribution in [2.75, 3.05) is 5.32 Å². The van der Waals surface area contributed by atoms with Crippen LogP contribution in [0.1, 0.15) is 46.5 Å². The van der Waals surface area contributed by atoms with Crippen LogP contribution in [0.3, 0.4) is 0 Å². The third-order valence-electron chi connectivity index (χ3n) is 3.69. The number of anilines is 1. The van der Waals surface area contributed by atoms with Gasteiger partial charge in [0.05, 0.1) is 5.02 Å². The van der Waals surface area contributed by atoms with Gasteiger partial charge in [-0.15, -0.1) is 0 Å². The van der Waals surface area contributed by atoms with Gasteiger partial charge in [-0.3, -0.25) is 0 Å².